The minimum Gasteiger partial charge on any atom is -0.465 e. The number of carbonyl (C=O) groups excluding carboxylic acids is 1. The van der Waals surface area contributed by atoms with Gasteiger partial charge >= 0.3 is 5.97 Å². The molecule has 0 aliphatic carbocycles. The van der Waals surface area contributed by atoms with E-state index in [0.29, 0.717) is 12.4 Å². The smallest absolute Gasteiger partial charge is 0.323 e. The number of hydrogen-bond acceptors (Lipinski definition) is 6. The molecule has 90 valence electrons. The molecule has 2 atom stereocenters. The van der Waals surface area contributed by atoms with Gasteiger partial charge in [-0.1, -0.05) is 28.5 Å². The fourth-order valence-electron chi connectivity index (χ4n) is 0.692. The van der Waals surface area contributed by atoms with Crippen LogP contribution in [0, 0.1) is 0 Å². The van der Waals surface area contributed by atoms with Gasteiger partial charge in [0.2, 0.25) is 0 Å². The summed E-state index contributed by atoms with van der Waals surface area (Å²) in [6.45, 7) is 4.21. The van der Waals surface area contributed by atoms with Crippen molar-refractivity contribution in [2.75, 3.05) is 18.1 Å². The summed E-state index contributed by atoms with van der Waals surface area (Å²) >= 11 is 0. The number of ether oxygens (including phenoxy) is 1. The van der Waals surface area contributed by atoms with Crippen molar-refractivity contribution in [3.63, 3.8) is 0 Å². The summed E-state index contributed by atoms with van der Waals surface area (Å²) in [5.41, 5.74) is 11.4. The van der Waals surface area contributed by atoms with Gasteiger partial charge in [0.15, 0.2) is 0 Å². The molecule has 0 aromatic carbocycles. The van der Waals surface area contributed by atoms with E-state index in [1.807, 2.05) is 0 Å². The summed E-state index contributed by atoms with van der Waals surface area (Å²) in [5, 5.41) is 0. The molecule has 0 radical (unpaired) electrons. The van der Waals surface area contributed by atoms with Gasteiger partial charge in [0, 0.05) is 17.5 Å². The molecule has 0 bridgehead atoms. The van der Waals surface area contributed by atoms with E-state index in [-0.39, 0.29) is 12.0 Å². The molecule has 0 aromatic rings. The van der Waals surface area contributed by atoms with Crippen LogP contribution in [0.3, 0.4) is 0 Å². The molecular weight excluding hydrogens is 232 g/mol. The highest BCUT2D eigenvalue weighted by molar-refractivity contribution is 8.76. The highest BCUT2D eigenvalue weighted by Gasteiger charge is 2.14. The molecule has 6 heteroatoms. The average Bonchev–Trinajstić information content (AvgIpc) is 2.23. The maximum Gasteiger partial charge on any atom is 0.323 e. The van der Waals surface area contributed by atoms with Gasteiger partial charge < -0.3 is 16.2 Å². The minimum absolute atomic E-state index is 0.223. The quantitative estimate of drug-likeness (QED) is 0.381. The van der Waals surface area contributed by atoms with E-state index >= 15 is 0 Å². The van der Waals surface area contributed by atoms with Gasteiger partial charge in [-0.05, 0) is 13.3 Å². The van der Waals surface area contributed by atoms with Crippen LogP contribution in [0.1, 0.15) is 20.3 Å². The highest BCUT2D eigenvalue weighted by atomic mass is 33.1. The molecular formula is C9H20N2O2S2. The Morgan fingerprint density at radius 3 is 2.40 bits per heavy atom. The number of esters is 1. The SMILES string of the molecule is CCOC(=O)[C@@H](N)CSSC[C@H](N)CC. The normalized spacial score (nSPS) is 14.7. The second kappa shape index (κ2) is 9.33. The topological polar surface area (TPSA) is 78.3 Å². The summed E-state index contributed by atoms with van der Waals surface area (Å²) in [6.07, 6.45) is 0.970. The molecule has 0 spiro atoms. The number of carbonyl (C=O) groups is 1. The van der Waals surface area contributed by atoms with E-state index in [1.165, 1.54) is 0 Å². The van der Waals surface area contributed by atoms with Crippen LogP contribution in [0.2, 0.25) is 0 Å². The lowest BCUT2D eigenvalue weighted by molar-refractivity contribution is -0.144. The van der Waals surface area contributed by atoms with Crippen LogP contribution >= 0.6 is 21.6 Å². The lowest BCUT2D eigenvalue weighted by Crippen LogP contribution is -2.34. The van der Waals surface area contributed by atoms with E-state index in [4.69, 9.17) is 16.2 Å². The lowest BCUT2D eigenvalue weighted by atomic mass is 10.3. The van der Waals surface area contributed by atoms with Crippen LogP contribution in [0.4, 0.5) is 0 Å². The molecule has 0 fully saturated rings. The maximum absolute atomic E-state index is 11.1. The summed E-state index contributed by atoms with van der Waals surface area (Å²) in [6, 6.07) is -0.304. The van der Waals surface area contributed by atoms with Gasteiger partial charge in [-0.15, -0.1) is 0 Å². The monoisotopic (exact) mass is 252 g/mol. The van der Waals surface area contributed by atoms with Crippen molar-refractivity contribution in [3.05, 3.63) is 0 Å². The molecule has 4 nitrogen and oxygen atoms in total. The van der Waals surface area contributed by atoms with Crippen LogP contribution in [0.15, 0.2) is 0 Å². The van der Waals surface area contributed by atoms with Crippen molar-refractivity contribution < 1.29 is 9.53 Å². The Kier molecular flexibility index (Phi) is 9.38. The van der Waals surface area contributed by atoms with E-state index < -0.39 is 6.04 Å². The van der Waals surface area contributed by atoms with Crippen molar-refractivity contribution in [2.45, 2.75) is 32.4 Å². The van der Waals surface area contributed by atoms with Crippen LogP contribution in [-0.2, 0) is 9.53 Å². The minimum atomic E-state index is -0.527. The van der Waals surface area contributed by atoms with Gasteiger partial charge in [-0.25, -0.2) is 0 Å². The first-order chi connectivity index (χ1) is 7.11. The number of hydrogen-bond donors (Lipinski definition) is 2. The Morgan fingerprint density at radius 1 is 1.27 bits per heavy atom. The summed E-state index contributed by atoms with van der Waals surface area (Å²) in [7, 11) is 3.22. The van der Waals surface area contributed by atoms with Crippen molar-refractivity contribution in [1.82, 2.24) is 0 Å². The van der Waals surface area contributed by atoms with Gasteiger partial charge in [0.1, 0.15) is 6.04 Å². The van der Waals surface area contributed by atoms with Crippen molar-refractivity contribution >= 4 is 27.6 Å². The molecule has 0 saturated heterocycles. The van der Waals surface area contributed by atoms with E-state index in [1.54, 1.807) is 28.5 Å². The van der Waals surface area contributed by atoms with E-state index in [9.17, 15) is 4.79 Å². The van der Waals surface area contributed by atoms with E-state index in [0.717, 1.165) is 12.2 Å². The molecule has 0 amide bonds. The molecule has 15 heavy (non-hydrogen) atoms. The van der Waals surface area contributed by atoms with Gasteiger partial charge in [0.25, 0.3) is 0 Å². The first-order valence-electron chi connectivity index (χ1n) is 5.04. The van der Waals surface area contributed by atoms with Crippen molar-refractivity contribution in [3.8, 4) is 0 Å². The average molecular weight is 252 g/mol. The predicted molar refractivity (Wildman–Crippen MR) is 67.8 cm³/mol. The number of nitrogens with two attached hydrogens (primary N) is 2. The molecule has 0 aromatic heterocycles. The first-order valence-corrected chi connectivity index (χ1v) is 7.52. The zero-order valence-electron chi connectivity index (χ0n) is 9.27. The Balaban J connectivity index is 3.46. The third-order valence-electron chi connectivity index (χ3n) is 1.73. The molecule has 4 N–H and O–H groups in total. The Morgan fingerprint density at radius 2 is 1.87 bits per heavy atom. The van der Waals surface area contributed by atoms with Crippen molar-refractivity contribution in [2.24, 2.45) is 11.5 Å². The molecule has 0 aliphatic heterocycles. The first kappa shape index (κ1) is 15.1. The van der Waals surface area contributed by atoms with Crippen LogP contribution in [0.25, 0.3) is 0 Å². The predicted octanol–water partition coefficient (Wildman–Crippen LogP) is 0.995. The van der Waals surface area contributed by atoms with Gasteiger partial charge in [-0.2, -0.15) is 0 Å². The standard InChI is InChI=1S/C9H20N2O2S2/c1-3-7(10)5-14-15-6-8(11)9(12)13-4-2/h7-8H,3-6,10-11H2,1-2H3/t7-,8+/m1/s1. The summed E-state index contributed by atoms with van der Waals surface area (Å²) in [5.74, 6) is 1.13. The van der Waals surface area contributed by atoms with Gasteiger partial charge in [0.05, 0.1) is 6.61 Å². The van der Waals surface area contributed by atoms with Crippen LogP contribution in [-0.4, -0.2) is 36.2 Å². The molecule has 0 unspecified atom stereocenters. The molecule has 0 rings (SSSR count). The zero-order chi connectivity index (χ0) is 11.7. The second-order valence-electron chi connectivity index (χ2n) is 3.10. The Bertz CT molecular complexity index is 181. The summed E-state index contributed by atoms with van der Waals surface area (Å²) in [4.78, 5) is 11.1. The fourth-order valence-corrected chi connectivity index (χ4v) is 3.12. The largest absolute Gasteiger partial charge is 0.465 e. The van der Waals surface area contributed by atoms with Gasteiger partial charge in [-0.3, -0.25) is 4.79 Å². The molecule has 0 aliphatic rings. The third-order valence-corrected chi connectivity index (χ3v) is 4.27. The van der Waals surface area contributed by atoms with Crippen LogP contribution in [0.5, 0.6) is 0 Å². The third kappa shape index (κ3) is 7.96. The highest BCUT2D eigenvalue weighted by Crippen LogP contribution is 2.22. The number of rotatable bonds is 8. The zero-order valence-corrected chi connectivity index (χ0v) is 10.9. The molecule has 0 saturated carbocycles. The summed E-state index contributed by atoms with van der Waals surface area (Å²) < 4.78 is 4.79. The Hall–Kier alpha value is 0.0900. The lowest BCUT2D eigenvalue weighted by Gasteiger charge is -2.10. The second-order valence-corrected chi connectivity index (χ2v) is 5.65. The van der Waals surface area contributed by atoms with E-state index in [2.05, 4.69) is 6.92 Å². The van der Waals surface area contributed by atoms with Crippen LogP contribution < -0.4 is 11.5 Å². The van der Waals surface area contributed by atoms with Crippen molar-refractivity contribution in [1.29, 1.82) is 0 Å². The fraction of sp³-hybridized carbons (Fsp3) is 0.889. The molecule has 0 heterocycles. The Labute approximate surface area is 99.3 Å². The maximum atomic E-state index is 11.1.